The van der Waals surface area contributed by atoms with Crippen LogP contribution in [0.5, 0.6) is 0 Å². The van der Waals surface area contributed by atoms with Crippen molar-refractivity contribution >= 4 is 17.2 Å². The van der Waals surface area contributed by atoms with Gasteiger partial charge in [0.05, 0.1) is 16.3 Å². The maximum Gasteiger partial charge on any atom is 0.263 e. The molecule has 0 aliphatic rings. The van der Waals surface area contributed by atoms with Crippen LogP contribution in [0.15, 0.2) is 30.3 Å². The number of nitrogens with zero attached hydrogens (tertiary/aromatic N) is 1. The average molecular weight is 332 g/mol. The third-order valence-corrected chi connectivity index (χ3v) is 5.30. The van der Waals surface area contributed by atoms with Crippen LogP contribution in [0.25, 0.3) is 0 Å². The molecular formula is C18H24N2O2S. The second-order valence-electron chi connectivity index (χ2n) is 5.80. The van der Waals surface area contributed by atoms with Crippen LogP contribution in [0.2, 0.25) is 0 Å². The first-order valence-electron chi connectivity index (χ1n) is 7.98. The van der Waals surface area contributed by atoms with Gasteiger partial charge in [-0.05, 0) is 25.3 Å². The number of carbonyl (C=O) groups excluding carboxylic acids is 1. The number of thiazole rings is 1. The van der Waals surface area contributed by atoms with Crippen LogP contribution in [-0.2, 0) is 6.42 Å². The molecule has 0 saturated carbocycles. The van der Waals surface area contributed by atoms with Crippen molar-refractivity contribution in [1.82, 2.24) is 10.3 Å². The number of hydrogen-bond acceptors (Lipinski definition) is 4. The van der Waals surface area contributed by atoms with E-state index in [2.05, 4.69) is 22.4 Å². The van der Waals surface area contributed by atoms with Gasteiger partial charge in [-0.2, -0.15) is 0 Å². The molecule has 0 unspecified atom stereocenters. The molecule has 23 heavy (non-hydrogen) atoms. The van der Waals surface area contributed by atoms with Gasteiger partial charge in [0.2, 0.25) is 0 Å². The van der Waals surface area contributed by atoms with E-state index in [0.717, 1.165) is 17.1 Å². The Balaban J connectivity index is 2.04. The second kappa shape index (κ2) is 7.70. The van der Waals surface area contributed by atoms with Gasteiger partial charge in [0.25, 0.3) is 5.91 Å². The molecule has 0 bridgehead atoms. The molecule has 0 aliphatic heterocycles. The van der Waals surface area contributed by atoms with E-state index >= 15 is 0 Å². The summed E-state index contributed by atoms with van der Waals surface area (Å²) in [5.74, 6) is -0.153. The lowest BCUT2D eigenvalue weighted by atomic mass is 9.97. The minimum Gasteiger partial charge on any atom is -0.388 e. The van der Waals surface area contributed by atoms with Gasteiger partial charge in [-0.3, -0.25) is 4.79 Å². The van der Waals surface area contributed by atoms with E-state index in [1.54, 1.807) is 0 Å². The smallest absolute Gasteiger partial charge is 0.263 e. The lowest BCUT2D eigenvalue weighted by Gasteiger charge is -2.25. The quantitative estimate of drug-likeness (QED) is 0.817. The first-order chi connectivity index (χ1) is 11.0. The normalized spacial score (nSPS) is 11.5. The number of aryl methyl sites for hydroxylation is 1. The van der Waals surface area contributed by atoms with Gasteiger partial charge >= 0.3 is 0 Å². The van der Waals surface area contributed by atoms with Crippen LogP contribution >= 0.6 is 11.3 Å². The van der Waals surface area contributed by atoms with Crippen molar-refractivity contribution < 1.29 is 9.90 Å². The number of rotatable bonds is 7. The maximum atomic E-state index is 12.4. The summed E-state index contributed by atoms with van der Waals surface area (Å²) in [4.78, 5) is 17.5. The summed E-state index contributed by atoms with van der Waals surface area (Å²) in [7, 11) is 0. The highest BCUT2D eigenvalue weighted by atomic mass is 32.1. The van der Waals surface area contributed by atoms with E-state index in [1.807, 2.05) is 39.0 Å². The SMILES string of the molecule is CCC(O)(CC)CNC(=O)c1sc(Cc2ccccc2)nc1C. The highest BCUT2D eigenvalue weighted by Crippen LogP contribution is 2.21. The standard InChI is InChI=1S/C18H24N2O2S/c1-4-18(22,5-2)12-19-17(21)16-13(3)20-15(23-16)11-14-9-7-6-8-10-14/h6-10,22H,4-5,11-12H2,1-3H3,(H,19,21). The lowest BCUT2D eigenvalue weighted by Crippen LogP contribution is -2.42. The average Bonchev–Trinajstić information content (AvgIpc) is 2.93. The molecule has 1 heterocycles. The Labute approximate surface area is 141 Å². The number of nitrogens with one attached hydrogen (secondary N) is 1. The molecular weight excluding hydrogens is 308 g/mol. The zero-order valence-electron chi connectivity index (χ0n) is 13.9. The molecule has 0 radical (unpaired) electrons. The van der Waals surface area contributed by atoms with Gasteiger partial charge < -0.3 is 10.4 Å². The fourth-order valence-corrected chi connectivity index (χ4v) is 3.35. The van der Waals surface area contributed by atoms with E-state index in [-0.39, 0.29) is 12.5 Å². The second-order valence-corrected chi connectivity index (χ2v) is 6.88. The monoisotopic (exact) mass is 332 g/mol. The summed E-state index contributed by atoms with van der Waals surface area (Å²) in [6.45, 7) is 5.97. The van der Waals surface area contributed by atoms with Gasteiger partial charge in [-0.1, -0.05) is 44.2 Å². The van der Waals surface area contributed by atoms with Crippen LogP contribution in [0, 0.1) is 6.92 Å². The van der Waals surface area contributed by atoms with Crippen molar-refractivity contribution in [3.8, 4) is 0 Å². The Hall–Kier alpha value is -1.72. The summed E-state index contributed by atoms with van der Waals surface area (Å²) in [6.07, 6.45) is 1.96. The molecule has 2 N–H and O–H groups in total. The van der Waals surface area contributed by atoms with Crippen LogP contribution in [0.3, 0.4) is 0 Å². The fraction of sp³-hybridized carbons (Fsp3) is 0.444. The van der Waals surface area contributed by atoms with Crippen molar-refractivity contribution in [3.05, 3.63) is 51.5 Å². The number of hydrogen-bond donors (Lipinski definition) is 2. The number of amides is 1. The number of aromatic nitrogens is 1. The van der Waals surface area contributed by atoms with Crippen molar-refractivity contribution in [2.75, 3.05) is 6.54 Å². The summed E-state index contributed by atoms with van der Waals surface area (Å²) < 4.78 is 0. The van der Waals surface area contributed by atoms with E-state index in [0.29, 0.717) is 17.7 Å². The zero-order chi connectivity index (χ0) is 16.9. The van der Waals surface area contributed by atoms with Crippen LogP contribution in [0.4, 0.5) is 0 Å². The summed E-state index contributed by atoms with van der Waals surface area (Å²) >= 11 is 1.42. The summed E-state index contributed by atoms with van der Waals surface area (Å²) in [6, 6.07) is 10.1. The van der Waals surface area contributed by atoms with Gasteiger partial charge in [0.1, 0.15) is 4.88 Å². The topological polar surface area (TPSA) is 62.2 Å². The van der Waals surface area contributed by atoms with Gasteiger partial charge in [-0.25, -0.2) is 4.98 Å². The van der Waals surface area contributed by atoms with Crippen molar-refractivity contribution in [2.24, 2.45) is 0 Å². The van der Waals surface area contributed by atoms with E-state index < -0.39 is 5.60 Å². The maximum absolute atomic E-state index is 12.4. The van der Waals surface area contributed by atoms with Crippen molar-refractivity contribution in [2.45, 2.75) is 45.6 Å². The molecule has 1 aromatic heterocycles. The first kappa shape index (κ1) is 17.6. The van der Waals surface area contributed by atoms with Crippen LogP contribution in [-0.4, -0.2) is 28.1 Å². The minimum absolute atomic E-state index is 0.153. The Morgan fingerprint density at radius 3 is 2.52 bits per heavy atom. The Kier molecular flexibility index (Phi) is 5.91. The molecule has 0 fully saturated rings. The molecule has 1 aromatic carbocycles. The zero-order valence-corrected chi connectivity index (χ0v) is 14.7. The van der Waals surface area contributed by atoms with Crippen molar-refractivity contribution in [1.29, 1.82) is 0 Å². The molecule has 1 amide bonds. The Bertz CT molecular complexity index is 648. The van der Waals surface area contributed by atoms with E-state index in [1.165, 1.54) is 16.9 Å². The van der Waals surface area contributed by atoms with E-state index in [4.69, 9.17) is 0 Å². The lowest BCUT2D eigenvalue weighted by molar-refractivity contribution is 0.0314. The largest absolute Gasteiger partial charge is 0.388 e. The van der Waals surface area contributed by atoms with Gasteiger partial charge in [-0.15, -0.1) is 11.3 Å². The number of aliphatic hydroxyl groups is 1. The summed E-state index contributed by atoms with van der Waals surface area (Å²) in [5.41, 5.74) is 1.09. The molecule has 0 spiro atoms. The van der Waals surface area contributed by atoms with Crippen LogP contribution < -0.4 is 5.32 Å². The summed E-state index contributed by atoms with van der Waals surface area (Å²) in [5, 5.41) is 14.0. The highest BCUT2D eigenvalue weighted by Gasteiger charge is 2.24. The first-order valence-corrected chi connectivity index (χ1v) is 8.80. The van der Waals surface area contributed by atoms with Crippen LogP contribution in [0.1, 0.15) is 52.6 Å². The molecule has 124 valence electrons. The third-order valence-electron chi connectivity index (χ3n) is 4.14. The number of carbonyl (C=O) groups is 1. The molecule has 2 aromatic rings. The van der Waals surface area contributed by atoms with E-state index in [9.17, 15) is 9.90 Å². The molecule has 0 aliphatic carbocycles. The number of benzene rings is 1. The Morgan fingerprint density at radius 1 is 1.26 bits per heavy atom. The molecule has 2 rings (SSSR count). The third kappa shape index (κ3) is 4.62. The van der Waals surface area contributed by atoms with Crippen molar-refractivity contribution in [3.63, 3.8) is 0 Å². The van der Waals surface area contributed by atoms with Gasteiger partial charge in [0.15, 0.2) is 0 Å². The fourth-order valence-electron chi connectivity index (χ4n) is 2.33. The molecule has 5 heteroatoms. The predicted octanol–water partition coefficient (Wildman–Crippen LogP) is 3.32. The molecule has 0 atom stereocenters. The highest BCUT2D eigenvalue weighted by molar-refractivity contribution is 7.13. The predicted molar refractivity (Wildman–Crippen MR) is 94.0 cm³/mol. The van der Waals surface area contributed by atoms with Gasteiger partial charge in [0, 0.05) is 13.0 Å². The molecule has 0 saturated heterocycles. The molecule has 4 nitrogen and oxygen atoms in total. The Morgan fingerprint density at radius 2 is 1.91 bits per heavy atom. The minimum atomic E-state index is -0.832.